The highest BCUT2D eigenvalue weighted by Gasteiger charge is 2.52. The zero-order valence-corrected chi connectivity index (χ0v) is 11.7. The third kappa shape index (κ3) is 1.57. The molecule has 5 rings (SSSR count). The van der Waals surface area contributed by atoms with Crippen molar-refractivity contribution in [2.24, 2.45) is 5.92 Å². The maximum Gasteiger partial charge on any atom is 0.231 e. The van der Waals surface area contributed by atoms with Gasteiger partial charge in [-0.2, -0.15) is 0 Å². The van der Waals surface area contributed by atoms with Crippen LogP contribution in [0.2, 0.25) is 0 Å². The van der Waals surface area contributed by atoms with Crippen molar-refractivity contribution in [2.45, 2.75) is 43.6 Å². The minimum Gasteiger partial charge on any atom is -0.454 e. The standard InChI is InChI=1S/C16H19NO4/c18-11-3-8-1-2-17-6-9-4-12-13(21-7-20-12)5-10(9)14(15(8)17)16(11)19/h4-5,8,11,14-16,18-19H,1-3,6-7H2/t8?,11-,14+,15?,16-/m1/s1. The molecule has 1 aliphatic carbocycles. The fourth-order valence-corrected chi connectivity index (χ4v) is 4.84. The molecule has 0 amide bonds. The molecule has 112 valence electrons. The molecule has 4 aliphatic rings. The van der Waals surface area contributed by atoms with Crippen LogP contribution in [0.25, 0.3) is 0 Å². The van der Waals surface area contributed by atoms with Gasteiger partial charge < -0.3 is 19.7 Å². The molecule has 5 nitrogen and oxygen atoms in total. The van der Waals surface area contributed by atoms with Crippen LogP contribution in [0.3, 0.4) is 0 Å². The predicted octanol–water partition coefficient (Wildman–Crippen LogP) is 0.829. The number of ether oxygens (including phenoxy) is 2. The van der Waals surface area contributed by atoms with Crippen molar-refractivity contribution in [2.75, 3.05) is 13.3 Å². The summed E-state index contributed by atoms with van der Waals surface area (Å²) in [6.07, 6.45) is 0.531. The molecule has 1 saturated heterocycles. The molecule has 1 aromatic rings. The summed E-state index contributed by atoms with van der Waals surface area (Å²) >= 11 is 0. The Bertz CT molecular complexity index is 604. The first-order valence-electron chi connectivity index (χ1n) is 7.75. The molecule has 5 atom stereocenters. The first-order chi connectivity index (χ1) is 10.2. The second-order valence-corrected chi connectivity index (χ2v) is 6.73. The lowest BCUT2D eigenvalue weighted by atomic mass is 9.68. The van der Waals surface area contributed by atoms with Crippen molar-refractivity contribution in [3.8, 4) is 11.5 Å². The van der Waals surface area contributed by atoms with Crippen molar-refractivity contribution in [1.82, 2.24) is 4.90 Å². The van der Waals surface area contributed by atoms with Gasteiger partial charge in [0, 0.05) is 18.5 Å². The number of hydrogen-bond acceptors (Lipinski definition) is 5. The zero-order chi connectivity index (χ0) is 14.1. The van der Waals surface area contributed by atoms with Crippen LogP contribution in [0.1, 0.15) is 29.9 Å². The lowest BCUT2D eigenvalue weighted by Gasteiger charge is -2.47. The van der Waals surface area contributed by atoms with Gasteiger partial charge in [0.05, 0.1) is 12.2 Å². The molecule has 2 fully saturated rings. The van der Waals surface area contributed by atoms with E-state index in [1.54, 1.807) is 0 Å². The van der Waals surface area contributed by atoms with Crippen molar-refractivity contribution in [3.05, 3.63) is 23.3 Å². The summed E-state index contributed by atoms with van der Waals surface area (Å²) < 4.78 is 11.0. The van der Waals surface area contributed by atoms with Crippen LogP contribution in [0.15, 0.2) is 12.1 Å². The number of aliphatic hydroxyl groups is 2. The van der Waals surface area contributed by atoms with Crippen LogP contribution in [0, 0.1) is 5.92 Å². The van der Waals surface area contributed by atoms with Gasteiger partial charge in [0.1, 0.15) is 0 Å². The molecule has 5 heteroatoms. The number of benzene rings is 1. The van der Waals surface area contributed by atoms with Gasteiger partial charge in [0.2, 0.25) is 6.79 Å². The second kappa shape index (κ2) is 4.12. The molecule has 2 N–H and O–H groups in total. The van der Waals surface area contributed by atoms with E-state index in [1.165, 1.54) is 5.56 Å². The number of nitrogens with zero attached hydrogens (tertiary/aromatic N) is 1. The summed E-state index contributed by atoms with van der Waals surface area (Å²) in [6, 6.07) is 4.43. The maximum absolute atomic E-state index is 10.6. The Labute approximate surface area is 123 Å². The van der Waals surface area contributed by atoms with Crippen LogP contribution >= 0.6 is 0 Å². The fourth-order valence-electron chi connectivity index (χ4n) is 4.84. The van der Waals surface area contributed by atoms with Gasteiger partial charge in [0.25, 0.3) is 0 Å². The summed E-state index contributed by atoms with van der Waals surface area (Å²) in [5.41, 5.74) is 2.34. The lowest BCUT2D eigenvalue weighted by molar-refractivity contribution is -0.0657. The average molecular weight is 289 g/mol. The summed E-state index contributed by atoms with van der Waals surface area (Å²) in [4.78, 5) is 2.47. The minimum atomic E-state index is -0.689. The number of rotatable bonds is 0. The van der Waals surface area contributed by atoms with Crippen LogP contribution in [-0.2, 0) is 6.54 Å². The molecule has 1 aromatic carbocycles. The molecular weight excluding hydrogens is 270 g/mol. The molecule has 3 aliphatic heterocycles. The monoisotopic (exact) mass is 289 g/mol. The van der Waals surface area contributed by atoms with Gasteiger partial charge in [-0.05, 0) is 48.6 Å². The molecule has 0 bridgehead atoms. The third-order valence-electron chi connectivity index (χ3n) is 5.73. The van der Waals surface area contributed by atoms with E-state index in [9.17, 15) is 10.2 Å². The predicted molar refractivity (Wildman–Crippen MR) is 74.2 cm³/mol. The summed E-state index contributed by atoms with van der Waals surface area (Å²) in [6.45, 7) is 2.23. The number of fused-ring (bicyclic) bond motifs is 3. The van der Waals surface area contributed by atoms with Gasteiger partial charge in [-0.15, -0.1) is 0 Å². The van der Waals surface area contributed by atoms with Gasteiger partial charge >= 0.3 is 0 Å². The summed E-state index contributed by atoms with van der Waals surface area (Å²) in [7, 11) is 0. The van der Waals surface area contributed by atoms with Crippen molar-refractivity contribution >= 4 is 0 Å². The van der Waals surface area contributed by atoms with E-state index in [-0.39, 0.29) is 12.7 Å². The van der Waals surface area contributed by atoms with Gasteiger partial charge in [-0.25, -0.2) is 0 Å². The number of aliphatic hydroxyl groups excluding tert-OH is 2. The Morgan fingerprint density at radius 1 is 1.14 bits per heavy atom. The Balaban J connectivity index is 1.66. The van der Waals surface area contributed by atoms with Crippen LogP contribution in [-0.4, -0.2) is 46.7 Å². The highest BCUT2D eigenvalue weighted by Crippen LogP contribution is 2.51. The van der Waals surface area contributed by atoms with Crippen molar-refractivity contribution < 1.29 is 19.7 Å². The first-order valence-corrected chi connectivity index (χ1v) is 7.75. The maximum atomic E-state index is 10.6. The topological polar surface area (TPSA) is 62.2 Å². The third-order valence-corrected chi connectivity index (χ3v) is 5.73. The van der Waals surface area contributed by atoms with E-state index in [0.29, 0.717) is 12.0 Å². The summed E-state index contributed by atoms with van der Waals surface area (Å²) in [5, 5.41) is 20.8. The quantitative estimate of drug-likeness (QED) is 0.741. The Morgan fingerprint density at radius 3 is 2.81 bits per heavy atom. The highest BCUT2D eigenvalue weighted by atomic mass is 16.7. The highest BCUT2D eigenvalue weighted by molar-refractivity contribution is 5.52. The van der Waals surface area contributed by atoms with E-state index in [4.69, 9.17) is 9.47 Å². The Kier molecular flexibility index (Phi) is 2.41. The van der Waals surface area contributed by atoms with Crippen molar-refractivity contribution in [1.29, 1.82) is 0 Å². The second-order valence-electron chi connectivity index (χ2n) is 6.73. The molecule has 1 saturated carbocycles. The van der Waals surface area contributed by atoms with E-state index in [1.807, 2.05) is 6.07 Å². The van der Waals surface area contributed by atoms with Gasteiger partial charge in [0.15, 0.2) is 11.5 Å². The Hall–Kier alpha value is -1.30. The van der Waals surface area contributed by atoms with Gasteiger partial charge in [-0.1, -0.05) is 0 Å². The van der Waals surface area contributed by atoms with E-state index < -0.39 is 12.2 Å². The summed E-state index contributed by atoms with van der Waals surface area (Å²) in [5.74, 6) is 2.05. The minimum absolute atomic E-state index is 0.0144. The SMILES string of the molecule is O[C@@H]1[C@H](O)CC2CCN3Cc4cc5c(cc4[C@H]1C23)OCO5. The van der Waals surface area contributed by atoms with Gasteiger partial charge in [-0.3, -0.25) is 4.90 Å². The van der Waals surface area contributed by atoms with Crippen LogP contribution in [0.5, 0.6) is 11.5 Å². The average Bonchev–Trinajstić information content (AvgIpc) is 3.08. The smallest absolute Gasteiger partial charge is 0.231 e. The molecule has 2 unspecified atom stereocenters. The normalized spacial score (nSPS) is 40.0. The molecule has 0 spiro atoms. The molecule has 21 heavy (non-hydrogen) atoms. The first kappa shape index (κ1) is 12.3. The van der Waals surface area contributed by atoms with E-state index in [2.05, 4.69) is 11.0 Å². The van der Waals surface area contributed by atoms with Crippen molar-refractivity contribution in [3.63, 3.8) is 0 Å². The largest absolute Gasteiger partial charge is 0.454 e. The Morgan fingerprint density at radius 2 is 1.95 bits per heavy atom. The number of hydrogen-bond donors (Lipinski definition) is 2. The molecule has 0 aromatic heterocycles. The molecule has 0 radical (unpaired) electrons. The lowest BCUT2D eigenvalue weighted by Crippen LogP contribution is -2.53. The van der Waals surface area contributed by atoms with Crippen LogP contribution < -0.4 is 9.47 Å². The van der Waals surface area contributed by atoms with E-state index in [0.717, 1.165) is 43.0 Å². The zero-order valence-electron chi connectivity index (χ0n) is 11.7. The van der Waals surface area contributed by atoms with E-state index >= 15 is 0 Å². The molecule has 3 heterocycles. The van der Waals surface area contributed by atoms with Crippen LogP contribution in [0.4, 0.5) is 0 Å². The molecular formula is C16H19NO4. The fraction of sp³-hybridized carbons (Fsp3) is 0.625.